The summed E-state index contributed by atoms with van der Waals surface area (Å²) in [5, 5.41) is 3.00. The predicted octanol–water partition coefficient (Wildman–Crippen LogP) is 1.08. The average molecular weight is 233 g/mol. The number of anilines is 2. The Morgan fingerprint density at radius 2 is 1.94 bits per heavy atom. The van der Waals surface area contributed by atoms with Crippen molar-refractivity contribution in [3.63, 3.8) is 0 Å². The Morgan fingerprint density at radius 1 is 1.29 bits per heavy atom. The smallest absolute Gasteiger partial charge is 0.243 e. The van der Waals surface area contributed by atoms with Crippen molar-refractivity contribution in [1.82, 2.24) is 5.32 Å². The van der Waals surface area contributed by atoms with E-state index in [2.05, 4.69) is 23.3 Å². The molecule has 0 radical (unpaired) electrons. The number of carbonyl (C=O) groups excluding carboxylic acids is 1. The molecular formula is C13H19N3O. The van der Waals surface area contributed by atoms with Crippen LogP contribution in [0.3, 0.4) is 0 Å². The Hall–Kier alpha value is -1.55. The fraction of sp³-hybridized carbons (Fsp3) is 0.462. The third kappa shape index (κ3) is 2.13. The first kappa shape index (κ1) is 11.9. The molecule has 1 heterocycles. The molecule has 1 N–H and O–H groups in total. The van der Waals surface area contributed by atoms with E-state index in [0.717, 1.165) is 24.5 Å². The summed E-state index contributed by atoms with van der Waals surface area (Å²) in [6.07, 6.45) is 0. The van der Waals surface area contributed by atoms with Crippen molar-refractivity contribution in [3.05, 3.63) is 24.3 Å². The van der Waals surface area contributed by atoms with E-state index >= 15 is 0 Å². The van der Waals surface area contributed by atoms with Gasteiger partial charge in [-0.25, -0.2) is 0 Å². The summed E-state index contributed by atoms with van der Waals surface area (Å²) >= 11 is 0. The molecule has 1 aliphatic heterocycles. The number of amides is 1. The zero-order valence-corrected chi connectivity index (χ0v) is 10.6. The second-order valence-corrected chi connectivity index (χ2v) is 4.41. The zero-order valence-electron chi connectivity index (χ0n) is 10.6. The molecule has 1 aromatic carbocycles. The molecule has 1 unspecified atom stereocenters. The Labute approximate surface area is 102 Å². The van der Waals surface area contributed by atoms with Gasteiger partial charge in [-0.15, -0.1) is 0 Å². The molecule has 1 amide bonds. The van der Waals surface area contributed by atoms with Gasteiger partial charge in [0.1, 0.15) is 0 Å². The van der Waals surface area contributed by atoms with E-state index in [-0.39, 0.29) is 11.9 Å². The van der Waals surface area contributed by atoms with Crippen LogP contribution in [0.15, 0.2) is 24.3 Å². The Balaban J connectivity index is 2.33. The third-order valence-electron chi connectivity index (χ3n) is 3.31. The number of hydrogen-bond acceptors (Lipinski definition) is 3. The number of fused-ring (bicyclic) bond motifs is 1. The van der Waals surface area contributed by atoms with Crippen molar-refractivity contribution in [3.8, 4) is 0 Å². The first-order valence-corrected chi connectivity index (χ1v) is 5.94. The molecule has 0 saturated heterocycles. The highest BCUT2D eigenvalue weighted by Crippen LogP contribution is 2.31. The van der Waals surface area contributed by atoms with Crippen LogP contribution < -0.4 is 15.1 Å². The van der Waals surface area contributed by atoms with Gasteiger partial charge in [-0.3, -0.25) is 4.79 Å². The number of para-hydroxylation sites is 2. The zero-order chi connectivity index (χ0) is 12.4. The van der Waals surface area contributed by atoms with Crippen molar-refractivity contribution in [1.29, 1.82) is 0 Å². The molecule has 4 heteroatoms. The van der Waals surface area contributed by atoms with Gasteiger partial charge in [0, 0.05) is 20.1 Å². The fourth-order valence-corrected chi connectivity index (χ4v) is 2.09. The number of carbonyl (C=O) groups is 1. The van der Waals surface area contributed by atoms with Gasteiger partial charge in [0.05, 0.1) is 17.4 Å². The van der Waals surface area contributed by atoms with E-state index in [9.17, 15) is 4.79 Å². The van der Waals surface area contributed by atoms with Crippen LogP contribution in [0.1, 0.15) is 6.92 Å². The maximum absolute atomic E-state index is 12.2. The summed E-state index contributed by atoms with van der Waals surface area (Å²) in [5.41, 5.74) is 2.13. The fourth-order valence-electron chi connectivity index (χ4n) is 2.09. The normalized spacial score (nSPS) is 16.6. The summed E-state index contributed by atoms with van der Waals surface area (Å²) < 4.78 is 0. The first-order chi connectivity index (χ1) is 8.15. The van der Waals surface area contributed by atoms with Crippen LogP contribution in [-0.4, -0.2) is 39.1 Å². The highest BCUT2D eigenvalue weighted by Gasteiger charge is 2.27. The number of benzene rings is 1. The monoisotopic (exact) mass is 233 g/mol. The van der Waals surface area contributed by atoms with Gasteiger partial charge in [-0.2, -0.15) is 0 Å². The number of hydrogen-bond donors (Lipinski definition) is 1. The molecule has 0 spiro atoms. The maximum atomic E-state index is 12.2. The second-order valence-electron chi connectivity index (χ2n) is 4.41. The minimum absolute atomic E-state index is 0.132. The van der Waals surface area contributed by atoms with Crippen molar-refractivity contribution in [2.45, 2.75) is 13.0 Å². The molecular weight excluding hydrogens is 214 g/mol. The van der Waals surface area contributed by atoms with E-state index in [4.69, 9.17) is 0 Å². The number of likely N-dealkylation sites (N-methyl/N-ethyl adjacent to an activating group) is 2. The molecule has 4 nitrogen and oxygen atoms in total. The average Bonchev–Trinajstić information content (AvgIpc) is 2.38. The number of nitrogens with one attached hydrogen (secondary N) is 1. The largest absolute Gasteiger partial charge is 0.371 e. The SMILES string of the molecule is CNC(C)C(=O)N1CCN(C)c2ccccc21. The highest BCUT2D eigenvalue weighted by atomic mass is 16.2. The van der Waals surface area contributed by atoms with Gasteiger partial charge in [0.15, 0.2) is 0 Å². The molecule has 1 aliphatic rings. The van der Waals surface area contributed by atoms with Gasteiger partial charge >= 0.3 is 0 Å². The van der Waals surface area contributed by atoms with Crippen molar-refractivity contribution < 1.29 is 4.79 Å². The van der Waals surface area contributed by atoms with Crippen LogP contribution >= 0.6 is 0 Å². The topological polar surface area (TPSA) is 35.6 Å². The first-order valence-electron chi connectivity index (χ1n) is 5.94. The van der Waals surface area contributed by atoms with Crippen molar-refractivity contribution in [2.24, 2.45) is 0 Å². The van der Waals surface area contributed by atoms with Crippen LogP contribution in [0.5, 0.6) is 0 Å². The van der Waals surface area contributed by atoms with E-state index in [1.54, 1.807) is 0 Å². The van der Waals surface area contributed by atoms with E-state index in [1.165, 1.54) is 0 Å². The summed E-state index contributed by atoms with van der Waals surface area (Å²) in [5.74, 6) is 0.132. The van der Waals surface area contributed by atoms with E-state index in [1.807, 2.05) is 37.1 Å². The van der Waals surface area contributed by atoms with Gasteiger partial charge in [-0.1, -0.05) is 12.1 Å². The quantitative estimate of drug-likeness (QED) is 0.830. The van der Waals surface area contributed by atoms with Crippen molar-refractivity contribution >= 4 is 17.3 Å². The molecule has 0 aromatic heterocycles. The lowest BCUT2D eigenvalue weighted by atomic mass is 10.1. The molecule has 0 fully saturated rings. The van der Waals surface area contributed by atoms with E-state index in [0.29, 0.717) is 0 Å². The summed E-state index contributed by atoms with van der Waals surface area (Å²) in [6.45, 7) is 3.51. The third-order valence-corrected chi connectivity index (χ3v) is 3.31. The molecule has 0 saturated carbocycles. The molecule has 92 valence electrons. The molecule has 17 heavy (non-hydrogen) atoms. The lowest BCUT2D eigenvalue weighted by molar-refractivity contribution is -0.120. The van der Waals surface area contributed by atoms with Crippen LogP contribution in [0, 0.1) is 0 Å². The summed E-state index contributed by atoms with van der Waals surface area (Å²) in [4.78, 5) is 16.3. The van der Waals surface area contributed by atoms with Crippen LogP contribution in [0.25, 0.3) is 0 Å². The molecule has 0 bridgehead atoms. The molecule has 1 atom stereocenters. The van der Waals surface area contributed by atoms with Gasteiger partial charge < -0.3 is 15.1 Å². The standard InChI is InChI=1S/C13H19N3O/c1-10(14-2)13(17)16-9-8-15(3)11-6-4-5-7-12(11)16/h4-7,10,14H,8-9H2,1-3H3. The predicted molar refractivity (Wildman–Crippen MR) is 70.6 cm³/mol. The van der Waals surface area contributed by atoms with Crippen molar-refractivity contribution in [2.75, 3.05) is 37.0 Å². The second kappa shape index (κ2) is 4.75. The number of rotatable bonds is 2. The minimum Gasteiger partial charge on any atom is -0.371 e. The Bertz CT molecular complexity index is 419. The summed E-state index contributed by atoms with van der Waals surface area (Å²) in [6, 6.07) is 7.89. The number of nitrogens with zero attached hydrogens (tertiary/aromatic N) is 2. The summed E-state index contributed by atoms with van der Waals surface area (Å²) in [7, 11) is 3.87. The lowest BCUT2D eigenvalue weighted by Crippen LogP contribution is -2.49. The van der Waals surface area contributed by atoms with E-state index < -0.39 is 0 Å². The molecule has 0 aliphatic carbocycles. The Morgan fingerprint density at radius 3 is 2.59 bits per heavy atom. The van der Waals surface area contributed by atoms with Crippen LogP contribution in [-0.2, 0) is 4.79 Å². The highest BCUT2D eigenvalue weighted by molar-refractivity contribution is 6.00. The maximum Gasteiger partial charge on any atom is 0.243 e. The van der Waals surface area contributed by atoms with Crippen LogP contribution in [0.2, 0.25) is 0 Å². The van der Waals surface area contributed by atoms with Crippen LogP contribution in [0.4, 0.5) is 11.4 Å². The van der Waals surface area contributed by atoms with Gasteiger partial charge in [0.2, 0.25) is 5.91 Å². The molecule has 1 aromatic rings. The van der Waals surface area contributed by atoms with Gasteiger partial charge in [0.25, 0.3) is 0 Å². The lowest BCUT2D eigenvalue weighted by Gasteiger charge is -2.36. The molecule has 2 rings (SSSR count). The minimum atomic E-state index is -0.147. The Kier molecular flexibility index (Phi) is 3.33. The van der Waals surface area contributed by atoms with Gasteiger partial charge in [-0.05, 0) is 26.1 Å².